The Bertz CT molecular complexity index is 768. The van der Waals surface area contributed by atoms with Crippen LogP contribution in [-0.4, -0.2) is 30.1 Å². The average molecular weight is 383 g/mol. The number of hydrogen-bond acceptors (Lipinski definition) is 5. The molecule has 0 spiro atoms. The molecule has 0 aliphatic carbocycles. The minimum absolute atomic E-state index is 0.165. The van der Waals surface area contributed by atoms with Gasteiger partial charge in [0.05, 0.1) is 6.61 Å². The van der Waals surface area contributed by atoms with Crippen molar-refractivity contribution in [1.29, 1.82) is 0 Å². The predicted molar refractivity (Wildman–Crippen MR) is 94.0 cm³/mol. The van der Waals surface area contributed by atoms with Crippen LogP contribution >= 0.6 is 23.2 Å². The third-order valence-electron chi connectivity index (χ3n) is 3.10. The molecule has 0 saturated heterocycles. The lowest BCUT2D eigenvalue weighted by Crippen LogP contribution is -2.28. The van der Waals surface area contributed by atoms with Crippen LogP contribution in [0.2, 0.25) is 10.0 Å². The van der Waals surface area contributed by atoms with Crippen LogP contribution in [0.15, 0.2) is 36.5 Å². The highest BCUT2D eigenvalue weighted by Gasteiger charge is 2.16. The van der Waals surface area contributed by atoms with Gasteiger partial charge in [-0.3, -0.25) is 4.79 Å². The molecule has 25 heavy (non-hydrogen) atoms. The Morgan fingerprint density at radius 2 is 2.04 bits per heavy atom. The second-order valence-electron chi connectivity index (χ2n) is 4.88. The molecule has 8 heteroatoms. The highest BCUT2D eigenvalue weighted by molar-refractivity contribution is 6.35. The third kappa shape index (κ3) is 5.62. The molecule has 2 aromatic rings. The first-order valence-corrected chi connectivity index (χ1v) is 8.22. The molecule has 0 saturated carbocycles. The van der Waals surface area contributed by atoms with Crippen molar-refractivity contribution < 1.29 is 19.1 Å². The van der Waals surface area contributed by atoms with E-state index in [1.54, 1.807) is 31.2 Å². The van der Waals surface area contributed by atoms with Crippen LogP contribution in [0.3, 0.4) is 0 Å². The molecule has 1 heterocycles. The maximum absolute atomic E-state index is 12.1. The Morgan fingerprint density at radius 1 is 1.24 bits per heavy atom. The largest absolute Gasteiger partial charge is 0.477 e. The summed E-state index contributed by atoms with van der Waals surface area (Å²) in [5.74, 6) is -0.971. The number of benzene rings is 1. The van der Waals surface area contributed by atoms with Gasteiger partial charge in [0.15, 0.2) is 6.61 Å². The number of hydrogen-bond donors (Lipinski definition) is 1. The van der Waals surface area contributed by atoms with Crippen molar-refractivity contribution >= 4 is 35.1 Å². The zero-order chi connectivity index (χ0) is 18.2. The van der Waals surface area contributed by atoms with Crippen LogP contribution in [0.5, 0.6) is 5.88 Å². The monoisotopic (exact) mass is 382 g/mol. The van der Waals surface area contributed by atoms with Gasteiger partial charge < -0.3 is 14.8 Å². The highest BCUT2D eigenvalue weighted by atomic mass is 35.5. The van der Waals surface area contributed by atoms with Crippen molar-refractivity contribution in [3.05, 3.63) is 57.7 Å². The smallest absolute Gasteiger partial charge is 0.344 e. The summed E-state index contributed by atoms with van der Waals surface area (Å²) in [5.41, 5.74) is 0.870. The molecule has 1 N–H and O–H groups in total. The SMILES string of the molecule is CCOc1ncccc1C(=O)OCC(=O)NCc1ccc(Cl)cc1Cl. The van der Waals surface area contributed by atoms with E-state index in [1.165, 1.54) is 12.3 Å². The maximum Gasteiger partial charge on any atom is 0.344 e. The van der Waals surface area contributed by atoms with E-state index in [9.17, 15) is 9.59 Å². The number of esters is 1. The minimum atomic E-state index is -0.684. The molecular weight excluding hydrogens is 367 g/mol. The number of amides is 1. The normalized spacial score (nSPS) is 10.2. The summed E-state index contributed by atoms with van der Waals surface area (Å²) in [5, 5.41) is 3.57. The Balaban J connectivity index is 1.86. The summed E-state index contributed by atoms with van der Waals surface area (Å²) in [6.45, 7) is 1.91. The molecule has 0 bridgehead atoms. The fourth-order valence-corrected chi connectivity index (χ4v) is 2.39. The molecule has 0 radical (unpaired) electrons. The lowest BCUT2D eigenvalue weighted by molar-refractivity contribution is -0.124. The quantitative estimate of drug-likeness (QED) is 0.743. The summed E-state index contributed by atoms with van der Waals surface area (Å²) < 4.78 is 10.2. The van der Waals surface area contributed by atoms with Gasteiger partial charge in [-0.2, -0.15) is 0 Å². The van der Waals surface area contributed by atoms with Crippen LogP contribution < -0.4 is 10.1 Å². The minimum Gasteiger partial charge on any atom is -0.477 e. The summed E-state index contributed by atoms with van der Waals surface area (Å²) in [6.07, 6.45) is 1.50. The zero-order valence-corrected chi connectivity index (χ0v) is 14.9. The number of carbonyl (C=O) groups is 2. The van der Waals surface area contributed by atoms with E-state index in [0.29, 0.717) is 22.2 Å². The van der Waals surface area contributed by atoms with Crippen molar-refractivity contribution in [2.75, 3.05) is 13.2 Å². The number of rotatable bonds is 7. The molecule has 0 aliphatic rings. The number of ether oxygens (including phenoxy) is 2. The number of pyridine rings is 1. The van der Waals surface area contributed by atoms with E-state index >= 15 is 0 Å². The average Bonchev–Trinajstić information content (AvgIpc) is 2.59. The number of nitrogens with one attached hydrogen (secondary N) is 1. The summed E-state index contributed by atoms with van der Waals surface area (Å²) in [6, 6.07) is 8.07. The molecule has 1 aromatic carbocycles. The van der Waals surface area contributed by atoms with Crippen molar-refractivity contribution in [2.24, 2.45) is 0 Å². The van der Waals surface area contributed by atoms with Crippen molar-refractivity contribution in [1.82, 2.24) is 10.3 Å². The molecule has 6 nitrogen and oxygen atoms in total. The first kappa shape index (κ1) is 19.0. The Hall–Kier alpha value is -2.31. The van der Waals surface area contributed by atoms with E-state index in [0.717, 1.165) is 0 Å². The number of nitrogens with zero attached hydrogens (tertiary/aromatic N) is 1. The molecule has 1 aromatic heterocycles. The first-order chi connectivity index (χ1) is 12.0. The molecule has 0 unspecified atom stereocenters. The van der Waals surface area contributed by atoms with Crippen LogP contribution in [-0.2, 0) is 16.1 Å². The van der Waals surface area contributed by atoms with Crippen molar-refractivity contribution in [3.8, 4) is 5.88 Å². The molecule has 0 aliphatic heterocycles. The van der Waals surface area contributed by atoms with Gasteiger partial charge in [-0.05, 0) is 36.8 Å². The second kappa shape index (κ2) is 9.25. The van der Waals surface area contributed by atoms with Crippen molar-refractivity contribution in [2.45, 2.75) is 13.5 Å². The van der Waals surface area contributed by atoms with Gasteiger partial charge in [0.25, 0.3) is 5.91 Å². The number of aromatic nitrogens is 1. The first-order valence-electron chi connectivity index (χ1n) is 7.46. The van der Waals surface area contributed by atoms with E-state index in [4.69, 9.17) is 32.7 Å². The molecule has 132 valence electrons. The lowest BCUT2D eigenvalue weighted by atomic mass is 10.2. The topological polar surface area (TPSA) is 77.5 Å². The Labute approximate surface area is 155 Å². The molecular formula is C17H16Cl2N2O4. The van der Waals surface area contributed by atoms with Crippen molar-refractivity contribution in [3.63, 3.8) is 0 Å². The van der Waals surface area contributed by atoms with Gasteiger partial charge in [0.2, 0.25) is 5.88 Å². The zero-order valence-electron chi connectivity index (χ0n) is 13.4. The van der Waals surface area contributed by atoms with Crippen LogP contribution in [0.1, 0.15) is 22.8 Å². The summed E-state index contributed by atoms with van der Waals surface area (Å²) in [4.78, 5) is 27.8. The third-order valence-corrected chi connectivity index (χ3v) is 3.68. The Morgan fingerprint density at radius 3 is 2.76 bits per heavy atom. The standard InChI is InChI=1S/C17H16Cl2N2O4/c1-2-24-16-13(4-3-7-20-16)17(23)25-10-15(22)21-9-11-5-6-12(18)8-14(11)19/h3-8H,2,9-10H2,1H3,(H,21,22). The van der Waals surface area contributed by atoms with Gasteiger partial charge in [0.1, 0.15) is 5.56 Å². The van der Waals surface area contributed by atoms with Crippen LogP contribution in [0.25, 0.3) is 0 Å². The van der Waals surface area contributed by atoms with E-state index < -0.39 is 18.5 Å². The highest BCUT2D eigenvalue weighted by Crippen LogP contribution is 2.20. The lowest BCUT2D eigenvalue weighted by Gasteiger charge is -2.10. The molecule has 0 fully saturated rings. The van der Waals surface area contributed by atoms with Gasteiger partial charge in [-0.15, -0.1) is 0 Å². The van der Waals surface area contributed by atoms with Gasteiger partial charge in [0, 0.05) is 22.8 Å². The second-order valence-corrected chi connectivity index (χ2v) is 5.72. The van der Waals surface area contributed by atoms with Crippen LogP contribution in [0.4, 0.5) is 0 Å². The fraction of sp³-hybridized carbons (Fsp3) is 0.235. The molecule has 0 atom stereocenters. The number of halogens is 2. The van der Waals surface area contributed by atoms with E-state index in [2.05, 4.69) is 10.3 Å². The fourth-order valence-electron chi connectivity index (χ4n) is 1.92. The van der Waals surface area contributed by atoms with Gasteiger partial charge in [-0.1, -0.05) is 29.3 Å². The Kier molecular flexibility index (Phi) is 7.03. The van der Waals surface area contributed by atoms with E-state index in [-0.39, 0.29) is 18.0 Å². The van der Waals surface area contributed by atoms with Gasteiger partial charge in [-0.25, -0.2) is 9.78 Å². The summed E-state index contributed by atoms with van der Waals surface area (Å²) in [7, 11) is 0. The molecule has 1 amide bonds. The molecule has 2 rings (SSSR count). The maximum atomic E-state index is 12.1. The van der Waals surface area contributed by atoms with E-state index in [1.807, 2.05) is 0 Å². The predicted octanol–water partition coefficient (Wildman–Crippen LogP) is 3.26. The van der Waals surface area contributed by atoms with Crippen LogP contribution in [0, 0.1) is 0 Å². The summed E-state index contributed by atoms with van der Waals surface area (Å²) >= 11 is 11.8. The van der Waals surface area contributed by atoms with Gasteiger partial charge >= 0.3 is 5.97 Å². The number of carbonyl (C=O) groups excluding carboxylic acids is 2.